The van der Waals surface area contributed by atoms with Crippen molar-refractivity contribution in [2.24, 2.45) is 0 Å². The Morgan fingerprint density at radius 2 is 1.35 bits per heavy atom. The zero-order chi connectivity index (χ0) is 12.3. The summed E-state index contributed by atoms with van der Waals surface area (Å²) in [6.07, 6.45) is -0.0141. The number of rotatable bonds is 3. The van der Waals surface area contributed by atoms with Gasteiger partial charge >= 0.3 is 0 Å². The van der Waals surface area contributed by atoms with E-state index in [9.17, 15) is 0 Å². The molecule has 0 aliphatic carbocycles. The molecule has 1 atom stereocenters. The van der Waals surface area contributed by atoms with Crippen LogP contribution in [-0.4, -0.2) is 0 Å². The molecule has 0 saturated heterocycles. The summed E-state index contributed by atoms with van der Waals surface area (Å²) in [7, 11) is 2.37. The third-order valence-electron chi connectivity index (χ3n) is 2.83. The maximum atomic E-state index is 5.55. The minimum absolute atomic E-state index is 0.0141. The van der Waals surface area contributed by atoms with Crippen LogP contribution in [0.1, 0.15) is 28.4 Å². The fourth-order valence-corrected chi connectivity index (χ4v) is 2.33. The predicted octanol–water partition coefficient (Wildman–Crippen LogP) is 4.20. The van der Waals surface area contributed by atoms with Gasteiger partial charge in [0.25, 0.3) is 0 Å². The number of benzene rings is 2. The van der Waals surface area contributed by atoms with Gasteiger partial charge in [0.1, 0.15) is 6.10 Å². The Kier molecular flexibility index (Phi) is 3.93. The van der Waals surface area contributed by atoms with Crippen molar-refractivity contribution < 1.29 is 4.52 Å². The third kappa shape index (κ3) is 2.94. The van der Waals surface area contributed by atoms with E-state index in [-0.39, 0.29) is 6.10 Å². The molecule has 0 radical (unpaired) electrons. The van der Waals surface area contributed by atoms with Crippen LogP contribution in [0, 0.1) is 13.8 Å². The number of aryl methyl sites for hydroxylation is 2. The van der Waals surface area contributed by atoms with Crippen molar-refractivity contribution in [1.29, 1.82) is 0 Å². The molecule has 0 N–H and O–H groups in total. The fourth-order valence-electron chi connectivity index (χ4n) is 2.02. The Hall–Kier alpha value is -1.17. The van der Waals surface area contributed by atoms with Crippen molar-refractivity contribution >= 4 is 9.47 Å². The van der Waals surface area contributed by atoms with Crippen LogP contribution in [0.15, 0.2) is 48.5 Å². The Bertz CT molecular complexity index is 462. The normalized spacial score (nSPS) is 10.8. The van der Waals surface area contributed by atoms with Gasteiger partial charge in [-0.2, -0.15) is 0 Å². The molecule has 17 heavy (non-hydrogen) atoms. The summed E-state index contributed by atoms with van der Waals surface area (Å²) in [5.41, 5.74) is 4.88. The summed E-state index contributed by atoms with van der Waals surface area (Å²) >= 11 is 0. The van der Waals surface area contributed by atoms with Crippen molar-refractivity contribution in [2.75, 3.05) is 0 Å². The highest BCUT2D eigenvalue weighted by atomic mass is 31.0. The summed E-state index contributed by atoms with van der Waals surface area (Å²) in [5, 5.41) is 0. The van der Waals surface area contributed by atoms with Crippen LogP contribution in [0.3, 0.4) is 0 Å². The molecule has 1 unspecified atom stereocenters. The standard InChI is InChI=1S/C15H17OP/c1-11-5-3-7-13(9-11)15(16-17)14-8-4-6-12(2)10-14/h3-10,15H,17H2,1-2H3. The summed E-state index contributed by atoms with van der Waals surface area (Å²) in [4.78, 5) is 0. The molecule has 0 aliphatic rings. The molecule has 2 rings (SSSR count). The Labute approximate surface area is 105 Å². The van der Waals surface area contributed by atoms with Crippen molar-refractivity contribution in [2.45, 2.75) is 20.0 Å². The van der Waals surface area contributed by atoms with E-state index in [2.05, 4.69) is 71.8 Å². The first-order valence-corrected chi connectivity index (χ1v) is 6.16. The average Bonchev–Trinajstić information content (AvgIpc) is 2.30. The van der Waals surface area contributed by atoms with Crippen LogP contribution in [0.4, 0.5) is 0 Å². The quantitative estimate of drug-likeness (QED) is 0.735. The van der Waals surface area contributed by atoms with Crippen LogP contribution in [-0.2, 0) is 4.52 Å². The fraction of sp³-hybridized carbons (Fsp3) is 0.200. The van der Waals surface area contributed by atoms with Gasteiger partial charge in [-0.3, -0.25) is 0 Å². The second kappa shape index (κ2) is 5.44. The lowest BCUT2D eigenvalue weighted by Gasteiger charge is -2.17. The molecule has 0 heterocycles. The van der Waals surface area contributed by atoms with Crippen LogP contribution in [0.25, 0.3) is 0 Å². The van der Waals surface area contributed by atoms with Gasteiger partial charge in [0.15, 0.2) is 0 Å². The van der Waals surface area contributed by atoms with Crippen LogP contribution >= 0.6 is 9.47 Å². The lowest BCUT2D eigenvalue weighted by Crippen LogP contribution is -2.01. The molecular weight excluding hydrogens is 227 g/mol. The Morgan fingerprint density at radius 3 is 1.71 bits per heavy atom. The second-order valence-electron chi connectivity index (χ2n) is 4.34. The first-order chi connectivity index (χ1) is 8.20. The van der Waals surface area contributed by atoms with Crippen molar-refractivity contribution in [1.82, 2.24) is 0 Å². The van der Waals surface area contributed by atoms with E-state index in [4.69, 9.17) is 4.52 Å². The minimum atomic E-state index is -0.0141. The molecule has 2 heteroatoms. The molecule has 0 saturated carbocycles. The summed E-state index contributed by atoms with van der Waals surface area (Å²) < 4.78 is 5.55. The number of hydrogen-bond donors (Lipinski definition) is 0. The monoisotopic (exact) mass is 244 g/mol. The molecule has 0 aromatic heterocycles. The smallest absolute Gasteiger partial charge is 0.111 e. The average molecular weight is 244 g/mol. The molecule has 0 bridgehead atoms. The molecule has 1 nitrogen and oxygen atoms in total. The SMILES string of the molecule is Cc1cccc(C(OP)c2cccc(C)c2)c1. The molecule has 0 spiro atoms. The van der Waals surface area contributed by atoms with E-state index in [0.29, 0.717) is 0 Å². The van der Waals surface area contributed by atoms with Gasteiger partial charge in [0, 0.05) is 9.47 Å². The van der Waals surface area contributed by atoms with E-state index in [1.165, 1.54) is 22.3 Å². The number of hydrogen-bond acceptors (Lipinski definition) is 1. The summed E-state index contributed by atoms with van der Waals surface area (Å²) in [5.74, 6) is 0. The van der Waals surface area contributed by atoms with Gasteiger partial charge in [-0.05, 0) is 25.0 Å². The zero-order valence-corrected chi connectivity index (χ0v) is 11.3. The largest absolute Gasteiger partial charge is 0.353 e. The van der Waals surface area contributed by atoms with Gasteiger partial charge < -0.3 is 4.52 Å². The molecule has 2 aromatic carbocycles. The zero-order valence-electron chi connectivity index (χ0n) is 10.2. The van der Waals surface area contributed by atoms with Gasteiger partial charge in [-0.25, -0.2) is 0 Å². The van der Waals surface area contributed by atoms with Crippen molar-refractivity contribution in [3.05, 3.63) is 70.8 Å². The van der Waals surface area contributed by atoms with Crippen LogP contribution in [0.5, 0.6) is 0 Å². The topological polar surface area (TPSA) is 9.23 Å². The Balaban J connectivity index is 2.40. The van der Waals surface area contributed by atoms with E-state index >= 15 is 0 Å². The Morgan fingerprint density at radius 1 is 0.882 bits per heavy atom. The predicted molar refractivity (Wildman–Crippen MR) is 75.0 cm³/mol. The lowest BCUT2D eigenvalue weighted by molar-refractivity contribution is 0.293. The highest BCUT2D eigenvalue weighted by molar-refractivity contribution is 7.09. The molecule has 2 aromatic rings. The lowest BCUT2D eigenvalue weighted by atomic mass is 9.99. The summed E-state index contributed by atoms with van der Waals surface area (Å²) in [6, 6.07) is 16.9. The van der Waals surface area contributed by atoms with Crippen molar-refractivity contribution in [3.63, 3.8) is 0 Å². The van der Waals surface area contributed by atoms with E-state index in [0.717, 1.165) is 0 Å². The van der Waals surface area contributed by atoms with Gasteiger partial charge in [0.2, 0.25) is 0 Å². The summed E-state index contributed by atoms with van der Waals surface area (Å²) in [6.45, 7) is 4.19. The molecular formula is C15H17OP. The van der Waals surface area contributed by atoms with Crippen LogP contribution < -0.4 is 0 Å². The second-order valence-corrected chi connectivity index (χ2v) is 4.62. The highest BCUT2D eigenvalue weighted by Gasteiger charge is 2.13. The van der Waals surface area contributed by atoms with Gasteiger partial charge in [-0.15, -0.1) is 0 Å². The van der Waals surface area contributed by atoms with E-state index < -0.39 is 0 Å². The van der Waals surface area contributed by atoms with Gasteiger partial charge in [-0.1, -0.05) is 59.7 Å². The van der Waals surface area contributed by atoms with E-state index in [1.54, 1.807) is 0 Å². The molecule has 0 fully saturated rings. The van der Waals surface area contributed by atoms with E-state index in [1.807, 2.05) is 0 Å². The first-order valence-electron chi connectivity index (χ1n) is 5.69. The molecule has 0 aliphatic heterocycles. The first kappa shape index (κ1) is 12.3. The molecule has 0 amide bonds. The third-order valence-corrected chi connectivity index (χ3v) is 3.10. The minimum Gasteiger partial charge on any atom is -0.353 e. The molecule has 88 valence electrons. The van der Waals surface area contributed by atoms with Crippen LogP contribution in [0.2, 0.25) is 0 Å². The van der Waals surface area contributed by atoms with Gasteiger partial charge in [0.05, 0.1) is 0 Å². The highest BCUT2D eigenvalue weighted by Crippen LogP contribution is 2.28. The maximum absolute atomic E-state index is 5.55. The maximum Gasteiger partial charge on any atom is 0.111 e. The van der Waals surface area contributed by atoms with Crippen molar-refractivity contribution in [3.8, 4) is 0 Å².